The Labute approximate surface area is 198 Å². The van der Waals surface area contributed by atoms with Gasteiger partial charge in [0.05, 0.1) is 24.7 Å². The number of hydrogen-bond donors (Lipinski definition) is 4. The summed E-state index contributed by atoms with van der Waals surface area (Å²) in [5.74, 6) is 1.88. The Kier molecular flexibility index (Phi) is 13.9. The van der Waals surface area contributed by atoms with Gasteiger partial charge in [0.15, 0.2) is 0 Å². The van der Waals surface area contributed by atoms with Gasteiger partial charge >= 0.3 is 0 Å². The molecule has 10 heteroatoms. The molecule has 0 aliphatic heterocycles. The van der Waals surface area contributed by atoms with Crippen molar-refractivity contribution in [2.75, 3.05) is 18.1 Å². The molecule has 0 aliphatic rings. The minimum Gasteiger partial charge on any atom is -0.348 e. The van der Waals surface area contributed by atoms with E-state index in [1.165, 1.54) is 0 Å². The van der Waals surface area contributed by atoms with Crippen molar-refractivity contribution in [3.63, 3.8) is 0 Å². The SMILES string of the molecule is CC(C)C[C@@H](C=O)NC(=O)[C@@H](N)CSCc1ccccc1CSCC(N)C(=O)NCC=O. The Morgan fingerprint density at radius 2 is 1.50 bits per heavy atom. The lowest BCUT2D eigenvalue weighted by molar-refractivity contribution is -0.124. The number of nitrogens with two attached hydrogens (primary N) is 2. The average molecular weight is 483 g/mol. The molecule has 0 aliphatic carbocycles. The van der Waals surface area contributed by atoms with Crippen LogP contribution >= 0.6 is 23.5 Å². The minimum absolute atomic E-state index is 0.0368. The summed E-state index contributed by atoms with van der Waals surface area (Å²) in [5, 5.41) is 5.16. The van der Waals surface area contributed by atoms with Gasteiger partial charge in [0, 0.05) is 23.0 Å². The molecule has 1 aromatic carbocycles. The lowest BCUT2D eigenvalue weighted by atomic mass is 10.0. The van der Waals surface area contributed by atoms with Gasteiger partial charge in [0.2, 0.25) is 11.8 Å². The van der Waals surface area contributed by atoms with Gasteiger partial charge in [0.25, 0.3) is 0 Å². The highest BCUT2D eigenvalue weighted by Gasteiger charge is 2.19. The molecule has 1 rings (SSSR count). The zero-order valence-electron chi connectivity index (χ0n) is 18.6. The van der Waals surface area contributed by atoms with Crippen molar-refractivity contribution in [2.45, 2.75) is 49.9 Å². The Morgan fingerprint density at radius 1 is 0.969 bits per heavy atom. The maximum atomic E-state index is 12.3. The topological polar surface area (TPSA) is 144 Å². The number of aldehydes is 2. The summed E-state index contributed by atoms with van der Waals surface area (Å²) >= 11 is 3.10. The van der Waals surface area contributed by atoms with Crippen LogP contribution in [0.15, 0.2) is 24.3 Å². The summed E-state index contributed by atoms with van der Waals surface area (Å²) in [4.78, 5) is 45.5. The van der Waals surface area contributed by atoms with Crippen molar-refractivity contribution in [1.82, 2.24) is 10.6 Å². The van der Waals surface area contributed by atoms with Crippen LogP contribution in [0.1, 0.15) is 31.4 Å². The van der Waals surface area contributed by atoms with Gasteiger partial charge in [-0.25, -0.2) is 0 Å². The first-order valence-electron chi connectivity index (χ1n) is 10.5. The number of benzene rings is 1. The maximum absolute atomic E-state index is 12.3. The predicted molar refractivity (Wildman–Crippen MR) is 131 cm³/mol. The summed E-state index contributed by atoms with van der Waals surface area (Å²) in [5.41, 5.74) is 14.1. The zero-order chi connectivity index (χ0) is 23.9. The van der Waals surface area contributed by atoms with E-state index in [-0.39, 0.29) is 18.4 Å². The smallest absolute Gasteiger partial charge is 0.238 e. The van der Waals surface area contributed by atoms with E-state index >= 15 is 0 Å². The van der Waals surface area contributed by atoms with Crippen molar-refractivity contribution in [3.8, 4) is 0 Å². The summed E-state index contributed by atoms with van der Waals surface area (Å²) in [7, 11) is 0. The van der Waals surface area contributed by atoms with Gasteiger partial charge in [-0.1, -0.05) is 38.1 Å². The number of rotatable bonds is 16. The lowest BCUT2D eigenvalue weighted by Crippen LogP contribution is -2.47. The van der Waals surface area contributed by atoms with E-state index in [4.69, 9.17) is 11.5 Å². The third kappa shape index (κ3) is 11.1. The van der Waals surface area contributed by atoms with Crippen LogP contribution in [0, 0.1) is 5.92 Å². The molecule has 1 aromatic rings. The third-order valence-electron chi connectivity index (χ3n) is 4.48. The number of amides is 2. The van der Waals surface area contributed by atoms with Crippen LogP contribution in [0.5, 0.6) is 0 Å². The summed E-state index contributed by atoms with van der Waals surface area (Å²) in [6, 6.07) is 6.07. The fourth-order valence-electron chi connectivity index (χ4n) is 2.80. The van der Waals surface area contributed by atoms with Gasteiger partial charge in [-0.2, -0.15) is 23.5 Å². The molecule has 3 atom stereocenters. The van der Waals surface area contributed by atoms with E-state index < -0.39 is 18.1 Å². The van der Waals surface area contributed by atoms with Crippen LogP contribution in [0.4, 0.5) is 0 Å². The van der Waals surface area contributed by atoms with Gasteiger partial charge in [-0.3, -0.25) is 9.59 Å². The molecule has 32 heavy (non-hydrogen) atoms. The monoisotopic (exact) mass is 482 g/mol. The Hall–Kier alpha value is -1.88. The van der Waals surface area contributed by atoms with Crippen LogP contribution in [0.25, 0.3) is 0 Å². The average Bonchev–Trinajstić information content (AvgIpc) is 2.77. The van der Waals surface area contributed by atoms with E-state index in [0.717, 1.165) is 17.4 Å². The van der Waals surface area contributed by atoms with Crippen LogP contribution < -0.4 is 22.1 Å². The first kappa shape index (κ1) is 28.2. The number of nitrogens with one attached hydrogen (secondary N) is 2. The molecule has 0 aromatic heterocycles. The molecular formula is C22H34N4O4S2. The Morgan fingerprint density at radius 3 is 1.97 bits per heavy atom. The second-order valence-corrected chi connectivity index (χ2v) is 9.86. The molecule has 0 fully saturated rings. The number of hydrogen-bond acceptors (Lipinski definition) is 8. The zero-order valence-corrected chi connectivity index (χ0v) is 20.3. The van der Waals surface area contributed by atoms with Crippen LogP contribution in [-0.2, 0) is 30.7 Å². The molecular weight excluding hydrogens is 448 g/mol. The van der Waals surface area contributed by atoms with Gasteiger partial charge in [-0.05, 0) is 23.5 Å². The molecule has 8 nitrogen and oxygen atoms in total. The number of carbonyl (C=O) groups excluding carboxylic acids is 4. The van der Waals surface area contributed by atoms with Gasteiger partial charge < -0.3 is 31.7 Å². The molecule has 2 amide bonds. The van der Waals surface area contributed by atoms with Gasteiger partial charge in [-0.15, -0.1) is 0 Å². The first-order chi connectivity index (χ1) is 15.3. The lowest BCUT2D eigenvalue weighted by Gasteiger charge is -2.18. The fraction of sp³-hybridized carbons (Fsp3) is 0.545. The normalized spacial score (nSPS) is 13.8. The van der Waals surface area contributed by atoms with E-state index in [9.17, 15) is 19.2 Å². The highest BCUT2D eigenvalue weighted by atomic mass is 32.2. The molecule has 0 spiro atoms. The van der Waals surface area contributed by atoms with Gasteiger partial charge in [0.1, 0.15) is 12.6 Å². The fourth-order valence-corrected chi connectivity index (χ4v) is 4.85. The second-order valence-electron chi connectivity index (χ2n) is 7.80. The standard InChI is InChI=1S/C22H34N4O4S2/c1-15(2)9-18(10-28)26-22(30)20(24)14-32-12-17-6-4-3-5-16(17)11-31-13-19(23)21(29)25-7-8-27/h3-6,8,10,15,18-20H,7,9,11-14,23-24H2,1-2H3,(H,25,29)(H,26,30)/t18-,19?,20-/m0/s1. The predicted octanol–water partition coefficient (Wildman–Crippen LogP) is 0.853. The maximum Gasteiger partial charge on any atom is 0.238 e. The molecule has 1 unspecified atom stereocenters. The highest BCUT2D eigenvalue weighted by molar-refractivity contribution is 7.98. The molecule has 0 saturated heterocycles. The Bertz CT molecular complexity index is 748. The largest absolute Gasteiger partial charge is 0.348 e. The van der Waals surface area contributed by atoms with Crippen molar-refractivity contribution in [2.24, 2.45) is 17.4 Å². The molecule has 6 N–H and O–H groups in total. The summed E-state index contributed by atoms with van der Waals surface area (Å²) < 4.78 is 0. The van der Waals surface area contributed by atoms with E-state index in [1.54, 1.807) is 23.5 Å². The van der Waals surface area contributed by atoms with Crippen LogP contribution in [0.2, 0.25) is 0 Å². The Balaban J connectivity index is 2.47. The summed E-state index contributed by atoms with van der Waals surface area (Å²) in [6.45, 7) is 3.94. The van der Waals surface area contributed by atoms with E-state index in [2.05, 4.69) is 10.6 Å². The third-order valence-corrected chi connectivity index (χ3v) is 6.70. The summed E-state index contributed by atoms with van der Waals surface area (Å²) in [6.07, 6.45) is 1.96. The number of thioether (sulfide) groups is 2. The molecule has 0 radical (unpaired) electrons. The van der Waals surface area contributed by atoms with Crippen LogP contribution in [-0.4, -0.2) is 60.6 Å². The van der Waals surface area contributed by atoms with Crippen molar-refractivity contribution in [3.05, 3.63) is 35.4 Å². The molecule has 0 bridgehead atoms. The molecule has 0 saturated carbocycles. The quantitative estimate of drug-likeness (QED) is 0.254. The van der Waals surface area contributed by atoms with Crippen LogP contribution in [0.3, 0.4) is 0 Å². The molecule has 0 heterocycles. The first-order valence-corrected chi connectivity index (χ1v) is 12.8. The minimum atomic E-state index is -0.695. The molecule has 178 valence electrons. The number of carbonyl (C=O) groups is 4. The second kappa shape index (κ2) is 15.8. The van der Waals surface area contributed by atoms with E-state index in [1.807, 2.05) is 38.1 Å². The van der Waals surface area contributed by atoms with E-state index in [0.29, 0.717) is 41.6 Å². The highest BCUT2D eigenvalue weighted by Crippen LogP contribution is 2.22. The van der Waals surface area contributed by atoms with Crippen molar-refractivity contribution >= 4 is 47.9 Å². The van der Waals surface area contributed by atoms with Crippen molar-refractivity contribution in [1.29, 1.82) is 0 Å². The van der Waals surface area contributed by atoms with Crippen molar-refractivity contribution < 1.29 is 19.2 Å².